The van der Waals surface area contributed by atoms with Crippen LogP contribution in [0, 0.1) is 19.8 Å². The summed E-state index contributed by atoms with van der Waals surface area (Å²) in [5.74, 6) is 1.67. The normalized spacial score (nSPS) is 17.0. The third kappa shape index (κ3) is 3.73. The number of nitrogens with one attached hydrogen (secondary N) is 1. The third-order valence-corrected chi connectivity index (χ3v) is 4.52. The van der Waals surface area contributed by atoms with Crippen LogP contribution in [0.2, 0.25) is 0 Å². The van der Waals surface area contributed by atoms with Crippen LogP contribution >= 0.6 is 0 Å². The van der Waals surface area contributed by atoms with E-state index in [1.54, 1.807) is 13.8 Å². The summed E-state index contributed by atoms with van der Waals surface area (Å²) in [5, 5.41) is 10.9. The van der Waals surface area contributed by atoms with Crippen LogP contribution in [-0.2, 0) is 4.74 Å². The zero-order chi connectivity index (χ0) is 18.0. The van der Waals surface area contributed by atoms with E-state index in [-0.39, 0.29) is 23.8 Å². The fraction of sp³-hybridized carbons (Fsp3) is 0.647. The Morgan fingerprint density at radius 3 is 2.44 bits per heavy atom. The zero-order valence-electron chi connectivity index (χ0n) is 15.0. The Bertz CT molecular complexity index is 711. The van der Waals surface area contributed by atoms with Crippen molar-refractivity contribution < 1.29 is 18.6 Å². The van der Waals surface area contributed by atoms with Gasteiger partial charge in [-0.05, 0) is 32.6 Å². The molecule has 1 N–H and O–H groups in total. The van der Waals surface area contributed by atoms with E-state index in [9.17, 15) is 4.79 Å². The topological polar surface area (TPSA) is 103 Å². The van der Waals surface area contributed by atoms with Crippen molar-refractivity contribution in [3.63, 3.8) is 0 Å². The fourth-order valence-electron chi connectivity index (χ4n) is 3.06. The lowest BCUT2D eigenvalue weighted by molar-refractivity contribution is 0.0467. The van der Waals surface area contributed by atoms with Gasteiger partial charge < -0.3 is 19.1 Å². The van der Waals surface area contributed by atoms with E-state index in [1.165, 1.54) is 0 Å². The minimum absolute atomic E-state index is 0.158. The van der Waals surface area contributed by atoms with Gasteiger partial charge in [0.05, 0.1) is 5.69 Å². The minimum atomic E-state index is -0.356. The van der Waals surface area contributed by atoms with Crippen molar-refractivity contribution >= 4 is 5.91 Å². The van der Waals surface area contributed by atoms with Crippen LogP contribution in [0.3, 0.4) is 0 Å². The Labute approximate surface area is 146 Å². The molecule has 0 aromatic carbocycles. The van der Waals surface area contributed by atoms with E-state index in [0.29, 0.717) is 41.9 Å². The monoisotopic (exact) mass is 348 g/mol. The first-order valence-electron chi connectivity index (χ1n) is 8.62. The van der Waals surface area contributed by atoms with Crippen molar-refractivity contribution in [1.29, 1.82) is 0 Å². The number of ether oxygens (including phenoxy) is 1. The first-order chi connectivity index (χ1) is 12.0. The summed E-state index contributed by atoms with van der Waals surface area (Å²) in [6, 6.07) is -0.356. The summed E-state index contributed by atoms with van der Waals surface area (Å²) >= 11 is 0. The second-order valence-corrected chi connectivity index (χ2v) is 6.75. The van der Waals surface area contributed by atoms with Crippen LogP contribution in [0.25, 0.3) is 0 Å². The van der Waals surface area contributed by atoms with Crippen molar-refractivity contribution in [2.45, 2.75) is 52.5 Å². The molecule has 8 heteroatoms. The molecule has 2 aromatic rings. The molecular weight excluding hydrogens is 324 g/mol. The van der Waals surface area contributed by atoms with Crippen molar-refractivity contribution in [3.05, 3.63) is 28.7 Å². The second kappa shape index (κ2) is 7.35. The van der Waals surface area contributed by atoms with Gasteiger partial charge in [-0.25, -0.2) is 0 Å². The first-order valence-corrected chi connectivity index (χ1v) is 8.62. The van der Waals surface area contributed by atoms with Crippen LogP contribution in [-0.4, -0.2) is 34.4 Å². The van der Waals surface area contributed by atoms with Crippen molar-refractivity contribution in [3.8, 4) is 0 Å². The number of hydrogen-bond acceptors (Lipinski definition) is 7. The maximum Gasteiger partial charge on any atom is 0.257 e. The molecule has 1 saturated heterocycles. The number of aryl methyl sites for hydroxylation is 2. The molecule has 2 aromatic heterocycles. The number of rotatable bonds is 5. The van der Waals surface area contributed by atoms with Gasteiger partial charge in [0.2, 0.25) is 5.89 Å². The van der Waals surface area contributed by atoms with Crippen LogP contribution in [0.1, 0.15) is 72.2 Å². The van der Waals surface area contributed by atoms with E-state index in [4.69, 9.17) is 13.8 Å². The maximum absolute atomic E-state index is 12.8. The predicted molar refractivity (Wildman–Crippen MR) is 88.1 cm³/mol. The molecule has 3 rings (SSSR count). The van der Waals surface area contributed by atoms with E-state index in [1.807, 2.05) is 13.8 Å². The number of nitrogens with zero attached hydrogens (tertiary/aromatic N) is 3. The highest BCUT2D eigenvalue weighted by atomic mass is 16.5. The molecule has 0 unspecified atom stereocenters. The van der Waals surface area contributed by atoms with E-state index in [0.717, 1.165) is 12.8 Å². The van der Waals surface area contributed by atoms with Crippen molar-refractivity contribution in [1.82, 2.24) is 20.6 Å². The Morgan fingerprint density at radius 1 is 1.16 bits per heavy atom. The molecule has 25 heavy (non-hydrogen) atoms. The molecule has 1 aliphatic heterocycles. The Hall–Kier alpha value is -2.22. The average molecular weight is 348 g/mol. The third-order valence-electron chi connectivity index (χ3n) is 4.52. The van der Waals surface area contributed by atoms with Gasteiger partial charge in [0, 0.05) is 19.1 Å². The van der Waals surface area contributed by atoms with Gasteiger partial charge in [-0.15, -0.1) is 0 Å². The predicted octanol–water partition coefficient (Wildman–Crippen LogP) is 2.70. The molecule has 0 spiro atoms. The average Bonchev–Trinajstić information content (AvgIpc) is 3.20. The Kier molecular flexibility index (Phi) is 5.17. The van der Waals surface area contributed by atoms with Gasteiger partial charge in [0.25, 0.3) is 5.91 Å². The largest absolute Gasteiger partial charge is 0.381 e. The molecule has 3 heterocycles. The van der Waals surface area contributed by atoms with Gasteiger partial charge >= 0.3 is 0 Å². The van der Waals surface area contributed by atoms with E-state index < -0.39 is 0 Å². The number of carbonyl (C=O) groups is 1. The molecule has 1 amide bonds. The van der Waals surface area contributed by atoms with Gasteiger partial charge in [-0.1, -0.05) is 24.2 Å². The number of carbonyl (C=O) groups excluding carboxylic acids is 1. The Balaban J connectivity index is 1.86. The fourth-order valence-corrected chi connectivity index (χ4v) is 3.06. The molecule has 0 aliphatic carbocycles. The zero-order valence-corrected chi connectivity index (χ0v) is 15.0. The van der Waals surface area contributed by atoms with E-state index >= 15 is 0 Å². The maximum atomic E-state index is 12.8. The van der Waals surface area contributed by atoms with Gasteiger partial charge in [0.15, 0.2) is 5.82 Å². The number of hydrogen-bond donors (Lipinski definition) is 1. The second-order valence-electron chi connectivity index (χ2n) is 6.75. The van der Waals surface area contributed by atoms with Gasteiger partial charge in [-0.3, -0.25) is 4.79 Å². The number of aromatic nitrogens is 3. The summed E-state index contributed by atoms with van der Waals surface area (Å²) in [6.45, 7) is 8.79. The molecule has 1 atom stereocenters. The Morgan fingerprint density at radius 2 is 1.88 bits per heavy atom. The van der Waals surface area contributed by atoms with Gasteiger partial charge in [-0.2, -0.15) is 4.98 Å². The van der Waals surface area contributed by atoms with Gasteiger partial charge in [0.1, 0.15) is 17.4 Å². The molecule has 0 bridgehead atoms. The highest BCUT2D eigenvalue weighted by molar-refractivity contribution is 5.96. The summed E-state index contributed by atoms with van der Waals surface area (Å²) in [4.78, 5) is 17.3. The molecule has 0 saturated carbocycles. The molecular formula is C17H24N4O4. The van der Waals surface area contributed by atoms with Crippen LogP contribution < -0.4 is 5.32 Å². The smallest absolute Gasteiger partial charge is 0.257 e. The quantitative estimate of drug-likeness (QED) is 0.886. The molecule has 8 nitrogen and oxygen atoms in total. The summed E-state index contributed by atoms with van der Waals surface area (Å²) in [6.07, 6.45) is 1.65. The van der Waals surface area contributed by atoms with Crippen LogP contribution in [0.15, 0.2) is 9.05 Å². The lowest BCUT2D eigenvalue weighted by Crippen LogP contribution is -2.36. The molecule has 136 valence electrons. The highest BCUT2D eigenvalue weighted by Gasteiger charge is 2.33. The highest BCUT2D eigenvalue weighted by Crippen LogP contribution is 2.30. The summed E-state index contributed by atoms with van der Waals surface area (Å²) < 4.78 is 16.0. The minimum Gasteiger partial charge on any atom is -0.381 e. The summed E-state index contributed by atoms with van der Waals surface area (Å²) in [5.41, 5.74) is 1.02. The lowest BCUT2D eigenvalue weighted by atomic mass is 9.91. The van der Waals surface area contributed by atoms with Crippen molar-refractivity contribution in [2.24, 2.45) is 5.92 Å². The van der Waals surface area contributed by atoms with Crippen LogP contribution in [0.4, 0.5) is 0 Å². The lowest BCUT2D eigenvalue weighted by Gasteiger charge is -2.28. The van der Waals surface area contributed by atoms with Crippen molar-refractivity contribution in [2.75, 3.05) is 13.2 Å². The number of amides is 1. The summed E-state index contributed by atoms with van der Waals surface area (Å²) in [7, 11) is 0. The molecule has 1 aliphatic rings. The van der Waals surface area contributed by atoms with Crippen LogP contribution in [0.5, 0.6) is 0 Å². The van der Waals surface area contributed by atoms with E-state index in [2.05, 4.69) is 20.6 Å². The molecule has 0 radical (unpaired) electrons. The SMILES string of the molecule is Cc1noc(C)c1C(=O)N[C@@H](c1nc(C(C)C)no1)C1CCOCC1. The first kappa shape index (κ1) is 17.6. The molecule has 1 fully saturated rings. The standard InChI is InChI=1S/C17H24N4O4/c1-9(2)15-19-17(25-21-15)14(12-5-7-23-8-6-12)18-16(22)13-10(3)20-24-11(13)4/h9,12,14H,5-8H2,1-4H3,(H,18,22)/t14-/m1/s1.